The fourth-order valence-corrected chi connectivity index (χ4v) is 3.62. The van der Waals surface area contributed by atoms with E-state index in [0.717, 1.165) is 0 Å². The van der Waals surface area contributed by atoms with Gasteiger partial charge in [-0.2, -0.15) is 0 Å². The van der Waals surface area contributed by atoms with Crippen LogP contribution in [-0.2, 0) is 10.0 Å². The van der Waals surface area contributed by atoms with Crippen LogP contribution >= 0.6 is 12.4 Å². The van der Waals surface area contributed by atoms with E-state index < -0.39 is 10.0 Å². The molecule has 0 radical (unpaired) electrons. The van der Waals surface area contributed by atoms with Gasteiger partial charge in [0.25, 0.3) is 15.9 Å². The lowest BCUT2D eigenvalue weighted by Crippen LogP contribution is -2.15. The first-order valence-corrected chi connectivity index (χ1v) is 9.48. The Morgan fingerprint density at radius 1 is 0.786 bits per heavy atom. The molecule has 9 heteroatoms. The summed E-state index contributed by atoms with van der Waals surface area (Å²) in [6.45, 7) is 0. The van der Waals surface area contributed by atoms with Crippen molar-refractivity contribution in [1.29, 1.82) is 0 Å². The molecule has 0 bridgehead atoms. The average Bonchev–Trinajstić information content (AvgIpc) is 2.64. The Hall–Kier alpha value is -3.23. The van der Waals surface area contributed by atoms with Crippen LogP contribution in [0.1, 0.15) is 10.4 Å². The van der Waals surface area contributed by atoms with Gasteiger partial charge in [0.1, 0.15) is 4.90 Å². The third-order valence-electron chi connectivity index (χ3n) is 3.82. The van der Waals surface area contributed by atoms with E-state index in [0.29, 0.717) is 22.6 Å². The quantitative estimate of drug-likeness (QED) is 0.472. The number of rotatable bonds is 5. The lowest BCUT2D eigenvalue weighted by atomic mass is 10.2. The Kier molecular flexibility index (Phi) is 6.50. The predicted octanol–water partition coefficient (Wildman–Crippen LogP) is 3.33. The summed E-state index contributed by atoms with van der Waals surface area (Å²) in [7, 11) is -3.82. The highest BCUT2D eigenvalue weighted by Crippen LogP contribution is 2.22. The highest BCUT2D eigenvalue weighted by atomic mass is 35.5. The van der Waals surface area contributed by atoms with Gasteiger partial charge in [-0.05, 0) is 48.5 Å². The number of amides is 1. The summed E-state index contributed by atoms with van der Waals surface area (Å²) in [5, 5.41) is 2.71. The first kappa shape index (κ1) is 21.1. The second-order valence-corrected chi connectivity index (χ2v) is 7.41. The van der Waals surface area contributed by atoms with Crippen LogP contribution in [0.3, 0.4) is 0 Å². The van der Waals surface area contributed by atoms with Crippen LogP contribution in [0, 0.1) is 0 Å². The standard InChI is InChI=1S/C19H18N4O3S.ClH/c20-15-5-1-3-7-17(15)22-19(24)13-9-11-14(12-10-13)23-27(25,26)18-8-4-2-6-16(18)21;/h1-12,23H,20-21H2,(H,22,24);1H. The molecule has 0 aliphatic heterocycles. The molecule has 1 amide bonds. The van der Waals surface area contributed by atoms with Crippen molar-refractivity contribution in [2.24, 2.45) is 0 Å². The minimum absolute atomic E-state index is 0. The van der Waals surface area contributed by atoms with Crippen LogP contribution in [0.2, 0.25) is 0 Å². The normalized spacial score (nSPS) is 10.6. The number of para-hydroxylation sites is 3. The Morgan fingerprint density at radius 3 is 1.96 bits per heavy atom. The summed E-state index contributed by atoms with van der Waals surface area (Å²) >= 11 is 0. The van der Waals surface area contributed by atoms with Crippen molar-refractivity contribution >= 4 is 51.1 Å². The molecule has 0 saturated heterocycles. The molecule has 0 heterocycles. The highest BCUT2D eigenvalue weighted by Gasteiger charge is 2.17. The number of anilines is 4. The van der Waals surface area contributed by atoms with Crippen molar-refractivity contribution in [2.75, 3.05) is 21.5 Å². The van der Waals surface area contributed by atoms with E-state index in [-0.39, 0.29) is 28.9 Å². The molecule has 0 unspecified atom stereocenters. The summed E-state index contributed by atoms with van der Waals surface area (Å²) < 4.78 is 27.3. The van der Waals surface area contributed by atoms with Crippen molar-refractivity contribution in [3.05, 3.63) is 78.4 Å². The zero-order chi connectivity index (χ0) is 19.4. The van der Waals surface area contributed by atoms with Gasteiger partial charge in [-0.3, -0.25) is 9.52 Å². The zero-order valence-corrected chi connectivity index (χ0v) is 16.3. The smallest absolute Gasteiger partial charge is 0.263 e. The molecular formula is C19H19ClN4O3S. The summed E-state index contributed by atoms with van der Waals surface area (Å²) in [4.78, 5) is 12.3. The van der Waals surface area contributed by atoms with Crippen LogP contribution < -0.4 is 21.5 Å². The van der Waals surface area contributed by atoms with Crippen LogP contribution in [0.5, 0.6) is 0 Å². The van der Waals surface area contributed by atoms with E-state index in [2.05, 4.69) is 10.0 Å². The number of carbonyl (C=O) groups is 1. The first-order valence-electron chi connectivity index (χ1n) is 8.00. The highest BCUT2D eigenvalue weighted by molar-refractivity contribution is 7.92. The van der Waals surface area contributed by atoms with Crippen molar-refractivity contribution in [3.63, 3.8) is 0 Å². The van der Waals surface area contributed by atoms with Crippen LogP contribution in [0.4, 0.5) is 22.7 Å². The third kappa shape index (κ3) is 4.73. The lowest BCUT2D eigenvalue weighted by Gasteiger charge is -2.11. The molecule has 0 saturated carbocycles. The molecule has 146 valence electrons. The maximum atomic E-state index is 12.4. The van der Waals surface area contributed by atoms with E-state index in [4.69, 9.17) is 11.5 Å². The van der Waals surface area contributed by atoms with Crippen LogP contribution in [-0.4, -0.2) is 14.3 Å². The lowest BCUT2D eigenvalue weighted by molar-refractivity contribution is 0.102. The SMILES string of the molecule is Cl.Nc1ccccc1NC(=O)c1ccc(NS(=O)(=O)c2ccccc2N)cc1. The number of nitrogens with two attached hydrogens (primary N) is 2. The number of hydrogen-bond acceptors (Lipinski definition) is 5. The second kappa shape index (κ2) is 8.64. The average molecular weight is 419 g/mol. The Bertz CT molecular complexity index is 1090. The largest absolute Gasteiger partial charge is 0.398 e. The number of benzene rings is 3. The molecular weight excluding hydrogens is 400 g/mol. The molecule has 0 aliphatic rings. The van der Waals surface area contributed by atoms with E-state index in [1.807, 2.05) is 0 Å². The minimum Gasteiger partial charge on any atom is -0.398 e. The molecule has 0 aromatic heterocycles. The fraction of sp³-hybridized carbons (Fsp3) is 0. The molecule has 0 atom stereocenters. The Labute approximate surface area is 169 Å². The fourth-order valence-electron chi connectivity index (χ4n) is 2.43. The summed E-state index contributed by atoms with van der Waals surface area (Å²) in [5.41, 5.74) is 13.3. The monoisotopic (exact) mass is 418 g/mol. The van der Waals surface area contributed by atoms with Crippen LogP contribution in [0.25, 0.3) is 0 Å². The predicted molar refractivity (Wildman–Crippen MR) is 114 cm³/mol. The molecule has 3 rings (SSSR count). The molecule has 0 fully saturated rings. The number of hydrogen-bond donors (Lipinski definition) is 4. The van der Waals surface area contributed by atoms with E-state index in [1.54, 1.807) is 36.4 Å². The van der Waals surface area contributed by atoms with E-state index >= 15 is 0 Å². The second-order valence-electron chi connectivity index (χ2n) is 5.76. The van der Waals surface area contributed by atoms with E-state index in [1.165, 1.54) is 36.4 Å². The summed E-state index contributed by atoms with van der Waals surface area (Å²) in [5.74, 6) is -0.352. The molecule has 3 aromatic carbocycles. The van der Waals surface area contributed by atoms with Gasteiger partial charge in [0.2, 0.25) is 0 Å². The summed E-state index contributed by atoms with van der Waals surface area (Å²) in [6.07, 6.45) is 0. The van der Waals surface area contributed by atoms with Gasteiger partial charge in [-0.25, -0.2) is 8.42 Å². The first-order chi connectivity index (χ1) is 12.9. The molecule has 3 aromatic rings. The van der Waals surface area contributed by atoms with Gasteiger partial charge in [-0.15, -0.1) is 12.4 Å². The Balaban J connectivity index is 0.00000280. The van der Waals surface area contributed by atoms with Gasteiger partial charge < -0.3 is 16.8 Å². The number of nitrogens with one attached hydrogen (secondary N) is 2. The van der Waals surface area contributed by atoms with Gasteiger partial charge in [-0.1, -0.05) is 24.3 Å². The van der Waals surface area contributed by atoms with Crippen molar-refractivity contribution < 1.29 is 13.2 Å². The van der Waals surface area contributed by atoms with Gasteiger partial charge in [0, 0.05) is 11.3 Å². The van der Waals surface area contributed by atoms with Crippen molar-refractivity contribution in [3.8, 4) is 0 Å². The zero-order valence-electron chi connectivity index (χ0n) is 14.6. The maximum Gasteiger partial charge on any atom is 0.263 e. The van der Waals surface area contributed by atoms with E-state index in [9.17, 15) is 13.2 Å². The molecule has 0 aliphatic carbocycles. The van der Waals surface area contributed by atoms with Gasteiger partial charge in [0.15, 0.2) is 0 Å². The van der Waals surface area contributed by atoms with Gasteiger partial charge in [0.05, 0.1) is 17.1 Å². The summed E-state index contributed by atoms with van der Waals surface area (Å²) in [6, 6.07) is 19.1. The van der Waals surface area contributed by atoms with Gasteiger partial charge >= 0.3 is 0 Å². The van der Waals surface area contributed by atoms with Crippen LogP contribution in [0.15, 0.2) is 77.7 Å². The van der Waals surface area contributed by atoms with Crippen molar-refractivity contribution in [2.45, 2.75) is 4.90 Å². The Morgan fingerprint density at radius 2 is 1.36 bits per heavy atom. The third-order valence-corrected chi connectivity index (χ3v) is 5.27. The molecule has 0 spiro atoms. The number of nitrogen functional groups attached to an aromatic ring is 2. The topological polar surface area (TPSA) is 127 Å². The number of halogens is 1. The number of sulfonamides is 1. The van der Waals surface area contributed by atoms with Crippen molar-refractivity contribution in [1.82, 2.24) is 0 Å². The molecule has 7 nitrogen and oxygen atoms in total. The molecule has 28 heavy (non-hydrogen) atoms. The minimum atomic E-state index is -3.82. The maximum absolute atomic E-state index is 12.4. The number of carbonyl (C=O) groups excluding carboxylic acids is 1. The molecule has 6 N–H and O–H groups in total.